The predicted molar refractivity (Wildman–Crippen MR) is 140 cm³/mol. The van der Waals surface area contributed by atoms with Gasteiger partial charge in [0.25, 0.3) is 0 Å². The van der Waals surface area contributed by atoms with Gasteiger partial charge in [-0.05, 0) is 66.3 Å². The highest BCUT2D eigenvalue weighted by Crippen LogP contribution is 2.44. The molecular weight excluding hydrogens is 455 g/mol. The zero-order valence-corrected chi connectivity index (χ0v) is 20.1. The van der Waals surface area contributed by atoms with Crippen molar-refractivity contribution in [1.29, 1.82) is 0 Å². The Bertz CT molecular complexity index is 1430. The van der Waals surface area contributed by atoms with Gasteiger partial charge in [0.2, 0.25) is 0 Å². The molecule has 2 aliphatic heterocycles. The first-order valence-corrected chi connectivity index (χ1v) is 12.1. The van der Waals surface area contributed by atoms with E-state index in [9.17, 15) is 9.50 Å². The van der Waals surface area contributed by atoms with Crippen LogP contribution in [0.25, 0.3) is 10.9 Å². The van der Waals surface area contributed by atoms with Crippen molar-refractivity contribution in [2.24, 2.45) is 0 Å². The van der Waals surface area contributed by atoms with E-state index in [0.717, 1.165) is 37.0 Å². The van der Waals surface area contributed by atoms with Gasteiger partial charge < -0.3 is 19.1 Å². The summed E-state index contributed by atoms with van der Waals surface area (Å²) in [5.41, 5.74) is 7.54. The number of aliphatic hydroxyl groups is 1. The van der Waals surface area contributed by atoms with Crippen LogP contribution in [-0.4, -0.2) is 28.2 Å². The van der Waals surface area contributed by atoms with Gasteiger partial charge in [0, 0.05) is 35.8 Å². The van der Waals surface area contributed by atoms with E-state index in [1.165, 1.54) is 33.8 Å². The highest BCUT2D eigenvalue weighted by molar-refractivity contribution is 5.86. The number of rotatable bonds is 5. The lowest BCUT2D eigenvalue weighted by Crippen LogP contribution is -2.39. The predicted octanol–water partition coefficient (Wildman–Crippen LogP) is 5.92. The van der Waals surface area contributed by atoms with Crippen LogP contribution in [0.5, 0.6) is 11.5 Å². The SMILES string of the molecule is C.COc1cc2c(cc1OCc1ccc(C)cc1F)CCN1Cc3c(c4ccccc4n3CO)CC21. The Hall–Kier alpha value is -3.35. The van der Waals surface area contributed by atoms with Gasteiger partial charge in [-0.15, -0.1) is 0 Å². The van der Waals surface area contributed by atoms with Gasteiger partial charge in [-0.3, -0.25) is 4.90 Å². The number of fused-ring (bicyclic) bond motifs is 6. The number of para-hydroxylation sites is 1. The largest absolute Gasteiger partial charge is 0.493 e. The third-order valence-corrected chi connectivity index (χ3v) is 7.57. The van der Waals surface area contributed by atoms with Crippen LogP contribution in [0.1, 0.15) is 47.0 Å². The van der Waals surface area contributed by atoms with Crippen LogP contribution in [0.3, 0.4) is 0 Å². The molecule has 0 bridgehead atoms. The number of nitrogens with zero attached hydrogens (tertiary/aromatic N) is 2. The van der Waals surface area contributed by atoms with Gasteiger partial charge in [0.15, 0.2) is 11.5 Å². The van der Waals surface area contributed by atoms with Crippen LogP contribution in [0.15, 0.2) is 54.6 Å². The van der Waals surface area contributed by atoms with Crippen molar-refractivity contribution < 1.29 is 19.0 Å². The van der Waals surface area contributed by atoms with E-state index in [1.807, 2.05) is 23.6 Å². The number of aromatic nitrogens is 1. The molecule has 188 valence electrons. The van der Waals surface area contributed by atoms with E-state index < -0.39 is 0 Å². The quantitative estimate of drug-likeness (QED) is 0.379. The van der Waals surface area contributed by atoms with Crippen molar-refractivity contribution >= 4 is 10.9 Å². The number of aliphatic hydroxyl groups excluding tert-OH is 1. The molecule has 1 N–H and O–H groups in total. The van der Waals surface area contributed by atoms with E-state index >= 15 is 0 Å². The van der Waals surface area contributed by atoms with Crippen molar-refractivity contribution in [3.05, 3.63) is 93.9 Å². The Morgan fingerprint density at radius 1 is 1.08 bits per heavy atom. The molecule has 1 atom stereocenters. The molecule has 3 aromatic carbocycles. The molecule has 1 unspecified atom stereocenters. The molecular formula is C30H33FN2O3. The lowest BCUT2D eigenvalue weighted by molar-refractivity contribution is 0.145. The van der Waals surface area contributed by atoms with Crippen molar-refractivity contribution in [1.82, 2.24) is 9.47 Å². The Morgan fingerprint density at radius 2 is 1.92 bits per heavy atom. The number of hydrogen-bond acceptors (Lipinski definition) is 4. The lowest BCUT2D eigenvalue weighted by Gasteiger charge is -2.41. The minimum atomic E-state index is -0.252. The third-order valence-electron chi connectivity index (χ3n) is 7.57. The lowest BCUT2D eigenvalue weighted by atomic mass is 9.85. The first kappa shape index (κ1) is 24.3. The fraction of sp³-hybridized carbons (Fsp3) is 0.333. The zero-order chi connectivity index (χ0) is 24.1. The fourth-order valence-electron chi connectivity index (χ4n) is 5.77. The van der Waals surface area contributed by atoms with Gasteiger partial charge >= 0.3 is 0 Å². The van der Waals surface area contributed by atoms with E-state index in [-0.39, 0.29) is 32.6 Å². The van der Waals surface area contributed by atoms with Gasteiger partial charge in [0.05, 0.1) is 12.6 Å². The molecule has 0 spiro atoms. The maximum Gasteiger partial charge on any atom is 0.161 e. The molecule has 0 aliphatic carbocycles. The fourth-order valence-corrected chi connectivity index (χ4v) is 5.77. The second-order valence-corrected chi connectivity index (χ2v) is 9.54. The second-order valence-electron chi connectivity index (χ2n) is 9.54. The summed E-state index contributed by atoms with van der Waals surface area (Å²) in [6.45, 7) is 3.76. The summed E-state index contributed by atoms with van der Waals surface area (Å²) >= 11 is 0. The summed E-state index contributed by atoms with van der Waals surface area (Å²) in [4.78, 5) is 2.50. The summed E-state index contributed by atoms with van der Waals surface area (Å²) in [7, 11) is 1.65. The average molecular weight is 489 g/mol. The molecule has 0 saturated carbocycles. The van der Waals surface area contributed by atoms with Crippen LogP contribution in [-0.2, 0) is 32.7 Å². The van der Waals surface area contributed by atoms with E-state index in [4.69, 9.17) is 9.47 Å². The van der Waals surface area contributed by atoms with E-state index in [1.54, 1.807) is 13.2 Å². The molecule has 6 heteroatoms. The van der Waals surface area contributed by atoms with E-state index in [2.05, 4.69) is 35.2 Å². The smallest absolute Gasteiger partial charge is 0.161 e. The molecule has 5 nitrogen and oxygen atoms in total. The number of methoxy groups -OCH3 is 1. The monoisotopic (exact) mass is 488 g/mol. The average Bonchev–Trinajstić information content (AvgIpc) is 3.19. The maximum atomic E-state index is 14.3. The molecule has 0 radical (unpaired) electrons. The molecule has 3 heterocycles. The summed E-state index contributed by atoms with van der Waals surface area (Å²) in [6, 6.07) is 17.9. The number of benzene rings is 3. The molecule has 0 fully saturated rings. The van der Waals surface area contributed by atoms with Gasteiger partial charge in [-0.1, -0.05) is 37.8 Å². The summed E-state index contributed by atoms with van der Waals surface area (Å²) in [5.74, 6) is 1.06. The number of halogens is 1. The Morgan fingerprint density at radius 3 is 2.69 bits per heavy atom. The molecule has 4 aromatic rings. The minimum Gasteiger partial charge on any atom is -0.493 e. The van der Waals surface area contributed by atoms with Crippen molar-refractivity contribution in [3.8, 4) is 11.5 Å². The van der Waals surface area contributed by atoms with Crippen LogP contribution >= 0.6 is 0 Å². The first-order chi connectivity index (χ1) is 17.1. The highest BCUT2D eigenvalue weighted by atomic mass is 19.1. The number of ether oxygens (including phenoxy) is 2. The van der Waals surface area contributed by atoms with Crippen molar-refractivity contribution in [3.63, 3.8) is 0 Å². The molecule has 0 amide bonds. The number of aryl methyl sites for hydroxylation is 1. The third kappa shape index (κ3) is 3.94. The van der Waals surface area contributed by atoms with Gasteiger partial charge in [-0.25, -0.2) is 4.39 Å². The topological polar surface area (TPSA) is 46.9 Å². The Labute approximate surface area is 211 Å². The maximum absolute atomic E-state index is 14.3. The van der Waals surface area contributed by atoms with Crippen molar-refractivity contribution in [2.45, 2.75) is 53.1 Å². The van der Waals surface area contributed by atoms with E-state index in [0.29, 0.717) is 17.1 Å². The second kappa shape index (κ2) is 9.60. The van der Waals surface area contributed by atoms with Crippen LogP contribution < -0.4 is 9.47 Å². The van der Waals surface area contributed by atoms with Gasteiger partial charge in [0.1, 0.15) is 19.2 Å². The van der Waals surface area contributed by atoms with Crippen molar-refractivity contribution in [2.75, 3.05) is 13.7 Å². The molecule has 1 aromatic heterocycles. The molecule has 0 saturated heterocycles. The molecule has 2 aliphatic rings. The summed E-state index contributed by atoms with van der Waals surface area (Å²) in [5, 5.41) is 11.3. The zero-order valence-electron chi connectivity index (χ0n) is 20.1. The number of hydrogen-bond donors (Lipinski definition) is 1. The van der Waals surface area contributed by atoms with Crippen LogP contribution in [0, 0.1) is 12.7 Å². The van der Waals surface area contributed by atoms with Gasteiger partial charge in [-0.2, -0.15) is 0 Å². The normalized spacial score (nSPS) is 16.6. The Balaban J connectivity index is 0.00000267. The first-order valence-electron chi connectivity index (χ1n) is 12.1. The van der Waals surface area contributed by atoms with Crippen LogP contribution in [0.2, 0.25) is 0 Å². The summed E-state index contributed by atoms with van der Waals surface area (Å²) in [6.07, 6.45) is 1.79. The minimum absolute atomic E-state index is 0. The molecule has 6 rings (SSSR count). The standard InChI is InChI=1S/C29H29FN2O3.CH4/c1-18-7-8-20(24(30)11-18)16-35-29-12-19-9-10-31-15-27-23(13-26(31)22(19)14-28(29)34-2)21-5-3-4-6-25(21)32(27)17-33;/h3-8,11-12,14,26,33H,9-10,13,15-17H2,1-2H3;1H4. The molecule has 36 heavy (non-hydrogen) atoms. The van der Waals surface area contributed by atoms with Crippen LogP contribution in [0.4, 0.5) is 4.39 Å². The summed E-state index contributed by atoms with van der Waals surface area (Å²) < 4.78 is 28.1. The highest BCUT2D eigenvalue weighted by Gasteiger charge is 2.35. The Kier molecular flexibility index (Phi) is 6.49.